The van der Waals surface area contributed by atoms with Gasteiger partial charge in [0.25, 0.3) is 5.91 Å². The van der Waals surface area contributed by atoms with E-state index in [0.29, 0.717) is 10.7 Å². The van der Waals surface area contributed by atoms with Gasteiger partial charge in [-0.2, -0.15) is 0 Å². The molecule has 0 saturated heterocycles. The van der Waals surface area contributed by atoms with Crippen LogP contribution >= 0.6 is 11.6 Å². The van der Waals surface area contributed by atoms with Gasteiger partial charge in [-0.25, -0.2) is 0 Å². The Bertz CT molecular complexity index is 505. The van der Waals surface area contributed by atoms with E-state index in [4.69, 9.17) is 21.8 Å². The molecule has 0 aliphatic rings. The Kier molecular flexibility index (Phi) is 2.83. The van der Waals surface area contributed by atoms with Crippen molar-refractivity contribution in [3.05, 3.63) is 47.2 Å². The minimum absolute atomic E-state index is 0.174. The molecular formula is C11H9ClN2O2. The summed E-state index contributed by atoms with van der Waals surface area (Å²) in [6.45, 7) is 0. The second-order valence-electron chi connectivity index (χ2n) is 3.16. The van der Waals surface area contributed by atoms with E-state index in [-0.39, 0.29) is 17.6 Å². The molecule has 1 aromatic carbocycles. The molecule has 2 rings (SSSR count). The van der Waals surface area contributed by atoms with Crippen molar-refractivity contribution in [2.75, 3.05) is 11.1 Å². The number of nitrogen functional groups attached to an aromatic ring is 1. The summed E-state index contributed by atoms with van der Waals surface area (Å²) in [6, 6.07) is 9.82. The number of hydrogen-bond acceptors (Lipinski definition) is 3. The summed E-state index contributed by atoms with van der Waals surface area (Å²) in [5.74, 6) is 0.0349. The fraction of sp³-hybridized carbons (Fsp3) is 0. The minimum Gasteiger partial charge on any atom is -0.436 e. The van der Waals surface area contributed by atoms with E-state index in [0.717, 1.165) is 0 Å². The van der Waals surface area contributed by atoms with E-state index in [1.54, 1.807) is 24.3 Å². The van der Waals surface area contributed by atoms with Crippen LogP contribution in [-0.2, 0) is 0 Å². The van der Waals surface area contributed by atoms with Gasteiger partial charge >= 0.3 is 0 Å². The molecule has 82 valence electrons. The molecule has 4 nitrogen and oxygen atoms in total. The highest BCUT2D eigenvalue weighted by atomic mass is 35.5. The third-order valence-corrected chi connectivity index (χ3v) is 2.20. The summed E-state index contributed by atoms with van der Waals surface area (Å²) in [4.78, 5) is 11.6. The molecule has 5 heteroatoms. The zero-order valence-electron chi connectivity index (χ0n) is 8.24. The van der Waals surface area contributed by atoms with Gasteiger partial charge in [0.15, 0.2) is 11.6 Å². The lowest BCUT2D eigenvalue weighted by Gasteiger charge is -2.02. The second-order valence-corrected chi connectivity index (χ2v) is 3.60. The Morgan fingerprint density at radius 3 is 2.44 bits per heavy atom. The fourth-order valence-corrected chi connectivity index (χ4v) is 1.33. The second kappa shape index (κ2) is 4.28. The van der Waals surface area contributed by atoms with Gasteiger partial charge in [-0.15, -0.1) is 0 Å². The molecule has 0 bridgehead atoms. The maximum absolute atomic E-state index is 11.6. The van der Waals surface area contributed by atoms with Crippen LogP contribution in [0.3, 0.4) is 0 Å². The Morgan fingerprint density at radius 2 is 1.88 bits per heavy atom. The van der Waals surface area contributed by atoms with Crippen LogP contribution in [0.4, 0.5) is 11.6 Å². The van der Waals surface area contributed by atoms with Gasteiger partial charge in [0.2, 0.25) is 0 Å². The number of furan rings is 1. The number of carbonyl (C=O) groups excluding carboxylic acids is 1. The first-order chi connectivity index (χ1) is 7.65. The predicted octanol–water partition coefficient (Wildman–Crippen LogP) is 2.77. The predicted molar refractivity (Wildman–Crippen MR) is 62.5 cm³/mol. The highest BCUT2D eigenvalue weighted by Crippen LogP contribution is 2.15. The van der Waals surface area contributed by atoms with Crippen molar-refractivity contribution < 1.29 is 9.21 Å². The lowest BCUT2D eigenvalue weighted by Crippen LogP contribution is -2.10. The summed E-state index contributed by atoms with van der Waals surface area (Å²) in [5, 5.41) is 3.26. The normalized spacial score (nSPS) is 10.1. The van der Waals surface area contributed by atoms with Crippen LogP contribution in [0.1, 0.15) is 10.6 Å². The van der Waals surface area contributed by atoms with E-state index in [2.05, 4.69) is 5.32 Å². The number of carbonyl (C=O) groups is 1. The number of benzene rings is 1. The van der Waals surface area contributed by atoms with Crippen molar-refractivity contribution in [2.45, 2.75) is 0 Å². The molecular weight excluding hydrogens is 228 g/mol. The number of nitrogens with one attached hydrogen (secondary N) is 1. The largest absolute Gasteiger partial charge is 0.436 e. The number of anilines is 2. The van der Waals surface area contributed by atoms with Gasteiger partial charge in [-0.3, -0.25) is 4.79 Å². The summed E-state index contributed by atoms with van der Waals surface area (Å²) < 4.78 is 4.98. The molecule has 2 aromatic rings. The van der Waals surface area contributed by atoms with Gasteiger partial charge < -0.3 is 15.5 Å². The number of amides is 1. The number of nitrogens with two attached hydrogens (primary N) is 1. The maximum Gasteiger partial charge on any atom is 0.291 e. The minimum atomic E-state index is -0.348. The maximum atomic E-state index is 11.6. The molecule has 1 amide bonds. The van der Waals surface area contributed by atoms with Gasteiger partial charge in [-0.05, 0) is 30.3 Å². The molecule has 0 atom stereocenters. The first-order valence-electron chi connectivity index (χ1n) is 4.57. The molecule has 0 aliphatic carbocycles. The lowest BCUT2D eigenvalue weighted by molar-refractivity contribution is 0.0997. The molecule has 1 aromatic heterocycles. The quantitative estimate of drug-likeness (QED) is 0.843. The number of halogens is 1. The van der Waals surface area contributed by atoms with Gasteiger partial charge in [-0.1, -0.05) is 11.6 Å². The third-order valence-electron chi connectivity index (χ3n) is 1.95. The van der Waals surface area contributed by atoms with Crippen LogP contribution in [0.25, 0.3) is 0 Å². The monoisotopic (exact) mass is 236 g/mol. The molecule has 0 fully saturated rings. The molecule has 3 N–H and O–H groups in total. The zero-order chi connectivity index (χ0) is 11.5. The summed E-state index contributed by atoms with van der Waals surface area (Å²) >= 11 is 5.72. The summed E-state index contributed by atoms with van der Waals surface area (Å²) in [5.41, 5.74) is 6.01. The molecule has 0 radical (unpaired) electrons. The standard InChI is InChI=1S/C11H9ClN2O2/c12-7-1-3-8(4-2-7)14-11(15)9-5-6-10(13)16-9/h1-6H,13H2,(H,14,15). The van der Waals surface area contributed by atoms with Crippen LogP contribution in [0.2, 0.25) is 5.02 Å². The molecule has 1 heterocycles. The van der Waals surface area contributed by atoms with Crippen LogP contribution in [0, 0.1) is 0 Å². The van der Waals surface area contributed by atoms with Gasteiger partial charge in [0, 0.05) is 16.8 Å². The third kappa shape index (κ3) is 2.35. The molecule has 0 saturated carbocycles. The first kappa shape index (κ1) is 10.6. The van der Waals surface area contributed by atoms with Crippen molar-refractivity contribution >= 4 is 29.1 Å². The van der Waals surface area contributed by atoms with Crippen LogP contribution in [0.5, 0.6) is 0 Å². The van der Waals surface area contributed by atoms with Crippen molar-refractivity contribution in [1.29, 1.82) is 0 Å². The fourth-order valence-electron chi connectivity index (χ4n) is 1.20. The van der Waals surface area contributed by atoms with E-state index in [9.17, 15) is 4.79 Å². The van der Waals surface area contributed by atoms with Crippen molar-refractivity contribution in [2.24, 2.45) is 0 Å². The number of hydrogen-bond donors (Lipinski definition) is 2. The molecule has 16 heavy (non-hydrogen) atoms. The van der Waals surface area contributed by atoms with Crippen LogP contribution < -0.4 is 11.1 Å². The van der Waals surface area contributed by atoms with Crippen molar-refractivity contribution in [1.82, 2.24) is 0 Å². The van der Waals surface area contributed by atoms with E-state index >= 15 is 0 Å². The number of rotatable bonds is 2. The average molecular weight is 237 g/mol. The Morgan fingerprint density at radius 1 is 1.19 bits per heavy atom. The highest BCUT2D eigenvalue weighted by Gasteiger charge is 2.09. The van der Waals surface area contributed by atoms with Crippen molar-refractivity contribution in [3.63, 3.8) is 0 Å². The Balaban J connectivity index is 2.10. The zero-order valence-corrected chi connectivity index (χ0v) is 8.99. The molecule has 0 unspecified atom stereocenters. The van der Waals surface area contributed by atoms with Gasteiger partial charge in [0.1, 0.15) is 0 Å². The smallest absolute Gasteiger partial charge is 0.291 e. The first-order valence-corrected chi connectivity index (χ1v) is 4.95. The van der Waals surface area contributed by atoms with Crippen molar-refractivity contribution in [3.8, 4) is 0 Å². The summed E-state index contributed by atoms with van der Waals surface area (Å²) in [6.07, 6.45) is 0. The van der Waals surface area contributed by atoms with E-state index in [1.165, 1.54) is 12.1 Å². The molecule has 0 aliphatic heterocycles. The average Bonchev–Trinajstić information content (AvgIpc) is 2.68. The summed E-state index contributed by atoms with van der Waals surface area (Å²) in [7, 11) is 0. The van der Waals surface area contributed by atoms with Crippen LogP contribution in [0.15, 0.2) is 40.8 Å². The SMILES string of the molecule is Nc1ccc(C(=O)Nc2ccc(Cl)cc2)o1. The lowest BCUT2D eigenvalue weighted by atomic mass is 10.3. The Labute approximate surface area is 97.0 Å². The molecule has 0 spiro atoms. The van der Waals surface area contributed by atoms with E-state index < -0.39 is 0 Å². The van der Waals surface area contributed by atoms with Gasteiger partial charge in [0.05, 0.1) is 0 Å². The Hall–Kier alpha value is -1.94. The topological polar surface area (TPSA) is 68.3 Å². The van der Waals surface area contributed by atoms with Crippen LogP contribution in [-0.4, -0.2) is 5.91 Å². The highest BCUT2D eigenvalue weighted by molar-refractivity contribution is 6.30. The van der Waals surface area contributed by atoms with E-state index in [1.807, 2.05) is 0 Å².